The first kappa shape index (κ1) is 19.1. The van der Waals surface area contributed by atoms with Crippen LogP contribution in [-0.4, -0.2) is 52.2 Å². The number of hydrogen-bond donors (Lipinski definition) is 3. The molecule has 1 aromatic rings. The highest BCUT2D eigenvalue weighted by atomic mass is 16.5. The van der Waals surface area contributed by atoms with Crippen molar-refractivity contribution in [2.75, 3.05) is 40.4 Å². The van der Waals surface area contributed by atoms with Crippen molar-refractivity contribution >= 4 is 11.8 Å². The summed E-state index contributed by atoms with van der Waals surface area (Å²) >= 11 is 0. The lowest BCUT2D eigenvalue weighted by Gasteiger charge is -2.27. The Kier molecular flexibility index (Phi) is 7.06. The highest BCUT2D eigenvalue weighted by molar-refractivity contribution is 5.77. The van der Waals surface area contributed by atoms with E-state index < -0.39 is 0 Å². The van der Waals surface area contributed by atoms with Gasteiger partial charge in [-0.1, -0.05) is 6.07 Å². The van der Waals surface area contributed by atoms with Gasteiger partial charge < -0.3 is 25.4 Å². The molecule has 1 saturated heterocycles. The molecule has 2 rings (SSSR count). The number of primary amides is 1. The van der Waals surface area contributed by atoms with Crippen LogP contribution in [0.1, 0.15) is 18.4 Å². The van der Waals surface area contributed by atoms with E-state index in [0.29, 0.717) is 37.6 Å². The van der Waals surface area contributed by atoms with Crippen molar-refractivity contribution in [3.63, 3.8) is 0 Å². The Balaban J connectivity index is 1.76. The Labute approximate surface area is 148 Å². The molecule has 4 N–H and O–H groups in total. The first-order valence-electron chi connectivity index (χ1n) is 8.64. The number of piperidine rings is 1. The molecule has 1 aromatic carbocycles. The second-order valence-corrected chi connectivity index (χ2v) is 6.41. The summed E-state index contributed by atoms with van der Waals surface area (Å²) in [6, 6.07) is 5.73. The fraction of sp³-hybridized carbons (Fsp3) is 0.556. The number of hydrogen-bond acceptors (Lipinski definition) is 4. The van der Waals surface area contributed by atoms with E-state index in [1.165, 1.54) is 0 Å². The Hall–Kier alpha value is -2.28. The summed E-state index contributed by atoms with van der Waals surface area (Å²) in [6.07, 6.45) is 2.48. The van der Waals surface area contributed by atoms with Crippen LogP contribution >= 0.6 is 0 Å². The van der Waals surface area contributed by atoms with Crippen molar-refractivity contribution in [3.05, 3.63) is 23.8 Å². The molecule has 25 heavy (non-hydrogen) atoms. The number of benzene rings is 1. The second-order valence-electron chi connectivity index (χ2n) is 6.41. The average Bonchev–Trinajstić information content (AvgIpc) is 2.61. The fourth-order valence-corrected chi connectivity index (χ4v) is 3.23. The van der Waals surface area contributed by atoms with Gasteiger partial charge in [-0.2, -0.15) is 0 Å². The van der Waals surface area contributed by atoms with Crippen molar-refractivity contribution < 1.29 is 24.0 Å². The summed E-state index contributed by atoms with van der Waals surface area (Å²) in [5, 5.41) is 2.94. The number of carbonyl (C=O) groups excluding carboxylic acids is 2. The van der Waals surface area contributed by atoms with Gasteiger partial charge in [0.25, 0.3) is 5.91 Å². The lowest BCUT2D eigenvalue weighted by Crippen LogP contribution is -3.15. The van der Waals surface area contributed by atoms with Gasteiger partial charge in [0.15, 0.2) is 18.0 Å². The monoisotopic (exact) mass is 350 g/mol. The van der Waals surface area contributed by atoms with Gasteiger partial charge in [0.05, 0.1) is 33.2 Å². The Morgan fingerprint density at radius 2 is 2.04 bits per heavy atom. The third-order valence-corrected chi connectivity index (χ3v) is 4.61. The average molecular weight is 350 g/mol. The molecule has 0 aliphatic carbocycles. The van der Waals surface area contributed by atoms with Crippen LogP contribution in [0.25, 0.3) is 0 Å². The second kappa shape index (κ2) is 9.27. The lowest BCUT2D eigenvalue weighted by molar-refractivity contribution is -0.899. The normalized spacial score (nSPS) is 19.9. The summed E-state index contributed by atoms with van der Waals surface area (Å²) in [5.41, 5.74) is 6.44. The van der Waals surface area contributed by atoms with E-state index in [9.17, 15) is 9.59 Å². The zero-order chi connectivity index (χ0) is 18.2. The van der Waals surface area contributed by atoms with Gasteiger partial charge >= 0.3 is 0 Å². The van der Waals surface area contributed by atoms with E-state index >= 15 is 0 Å². The van der Waals surface area contributed by atoms with Crippen molar-refractivity contribution in [3.8, 4) is 11.5 Å². The molecular weight excluding hydrogens is 322 g/mol. The number of amides is 2. The quantitative estimate of drug-likeness (QED) is 0.569. The van der Waals surface area contributed by atoms with Crippen molar-refractivity contribution in [2.24, 2.45) is 11.7 Å². The molecule has 2 amide bonds. The number of carbonyl (C=O) groups is 2. The molecular formula is C18H28N3O4+. The van der Waals surface area contributed by atoms with Crippen LogP contribution in [0.3, 0.4) is 0 Å². The number of rotatable bonds is 8. The van der Waals surface area contributed by atoms with Gasteiger partial charge in [-0.25, -0.2) is 0 Å². The van der Waals surface area contributed by atoms with Crippen molar-refractivity contribution in [1.82, 2.24) is 5.32 Å². The third-order valence-electron chi connectivity index (χ3n) is 4.61. The molecule has 0 radical (unpaired) electrons. The summed E-state index contributed by atoms with van der Waals surface area (Å²) in [7, 11) is 3.20. The van der Waals surface area contributed by atoms with Crippen molar-refractivity contribution in [1.29, 1.82) is 0 Å². The highest BCUT2D eigenvalue weighted by Gasteiger charge is 2.28. The molecule has 0 spiro atoms. The zero-order valence-electron chi connectivity index (χ0n) is 15.0. The SMILES string of the molecule is COc1ccc(CCNC(=O)C[NH+]2CCC[C@H](C(N)=O)C2)cc1OC. The van der Waals surface area contributed by atoms with Crippen LogP contribution in [0.15, 0.2) is 18.2 Å². The molecule has 1 unspecified atom stereocenters. The predicted molar refractivity (Wildman–Crippen MR) is 93.7 cm³/mol. The van der Waals surface area contributed by atoms with Crippen LogP contribution in [0.2, 0.25) is 0 Å². The maximum Gasteiger partial charge on any atom is 0.275 e. The Morgan fingerprint density at radius 3 is 2.72 bits per heavy atom. The third kappa shape index (κ3) is 5.63. The van der Waals surface area contributed by atoms with Crippen molar-refractivity contribution in [2.45, 2.75) is 19.3 Å². The molecule has 0 bridgehead atoms. The molecule has 2 atom stereocenters. The summed E-state index contributed by atoms with van der Waals surface area (Å²) in [5.74, 6) is 1.00. The maximum absolute atomic E-state index is 12.1. The minimum Gasteiger partial charge on any atom is -0.493 e. The molecule has 1 heterocycles. The molecule has 1 aliphatic rings. The number of likely N-dealkylation sites (tertiary alicyclic amines) is 1. The van der Waals surface area contributed by atoms with E-state index in [0.717, 1.165) is 29.8 Å². The summed E-state index contributed by atoms with van der Waals surface area (Å²) in [6.45, 7) is 2.50. The van der Waals surface area contributed by atoms with E-state index in [2.05, 4.69) is 5.32 Å². The molecule has 7 nitrogen and oxygen atoms in total. The van der Waals surface area contributed by atoms with Gasteiger partial charge in [-0.15, -0.1) is 0 Å². The van der Waals surface area contributed by atoms with Crippen LogP contribution in [-0.2, 0) is 16.0 Å². The topological polar surface area (TPSA) is 95.1 Å². The van der Waals surface area contributed by atoms with Gasteiger partial charge in [0, 0.05) is 6.54 Å². The first-order chi connectivity index (χ1) is 12.0. The van der Waals surface area contributed by atoms with E-state index in [-0.39, 0.29) is 17.7 Å². The number of quaternary nitrogens is 1. The van der Waals surface area contributed by atoms with Crippen LogP contribution in [0.4, 0.5) is 0 Å². The molecule has 1 fully saturated rings. The molecule has 138 valence electrons. The van der Waals surface area contributed by atoms with Crippen LogP contribution in [0, 0.1) is 5.92 Å². The van der Waals surface area contributed by atoms with Gasteiger partial charge in [-0.3, -0.25) is 9.59 Å². The summed E-state index contributed by atoms with van der Waals surface area (Å²) in [4.78, 5) is 24.5. The van der Waals surface area contributed by atoms with Gasteiger partial charge in [0.1, 0.15) is 0 Å². The maximum atomic E-state index is 12.1. The summed E-state index contributed by atoms with van der Waals surface area (Å²) < 4.78 is 10.5. The standard InChI is InChI=1S/C18H27N3O4/c1-24-15-6-5-13(10-16(15)25-2)7-8-20-17(22)12-21-9-3-4-14(11-21)18(19)23/h5-6,10,14H,3-4,7-9,11-12H2,1-2H3,(H2,19,23)(H,20,22)/p+1/t14-/m0/s1. The van der Waals surface area contributed by atoms with Gasteiger partial charge in [-0.05, 0) is 37.0 Å². The van der Waals surface area contributed by atoms with Crippen LogP contribution < -0.4 is 25.4 Å². The van der Waals surface area contributed by atoms with Crippen LogP contribution in [0.5, 0.6) is 11.5 Å². The Bertz CT molecular complexity index is 606. The van der Waals surface area contributed by atoms with Gasteiger partial charge in [0.2, 0.25) is 5.91 Å². The fourth-order valence-electron chi connectivity index (χ4n) is 3.23. The minimum atomic E-state index is -0.258. The predicted octanol–water partition coefficient (Wildman–Crippen LogP) is -0.857. The minimum absolute atomic E-state index is 0.000553. The molecule has 1 aliphatic heterocycles. The number of nitrogens with one attached hydrogen (secondary N) is 2. The Morgan fingerprint density at radius 1 is 1.28 bits per heavy atom. The highest BCUT2D eigenvalue weighted by Crippen LogP contribution is 2.27. The van der Waals surface area contributed by atoms with E-state index in [4.69, 9.17) is 15.2 Å². The zero-order valence-corrected chi connectivity index (χ0v) is 15.0. The first-order valence-corrected chi connectivity index (χ1v) is 8.64. The van der Waals surface area contributed by atoms with E-state index in [1.54, 1.807) is 14.2 Å². The number of methoxy groups -OCH3 is 2. The molecule has 7 heteroatoms. The lowest BCUT2D eigenvalue weighted by atomic mass is 9.97. The number of nitrogens with two attached hydrogens (primary N) is 1. The molecule has 0 saturated carbocycles. The smallest absolute Gasteiger partial charge is 0.275 e. The number of ether oxygens (including phenoxy) is 2. The van der Waals surface area contributed by atoms with E-state index in [1.807, 2.05) is 18.2 Å². The largest absolute Gasteiger partial charge is 0.493 e. The molecule has 0 aromatic heterocycles.